The average Bonchev–Trinajstić information content (AvgIpc) is 2.28. The van der Waals surface area contributed by atoms with Crippen LogP contribution in [-0.4, -0.2) is 5.91 Å². The lowest BCUT2D eigenvalue weighted by atomic mass is 10.1. The maximum absolute atomic E-state index is 11.4. The molecule has 1 amide bonds. The first-order chi connectivity index (χ1) is 8.11. The fourth-order valence-corrected chi connectivity index (χ4v) is 1.44. The third-order valence-electron chi connectivity index (χ3n) is 2.19. The molecular formula is C12H9NO4. The maximum Gasteiger partial charge on any atom is 0.349 e. The zero-order chi connectivity index (χ0) is 12.4. The van der Waals surface area contributed by atoms with Crippen molar-refractivity contribution in [1.29, 1.82) is 0 Å². The Labute approximate surface area is 96.1 Å². The van der Waals surface area contributed by atoms with E-state index in [9.17, 15) is 9.59 Å². The van der Waals surface area contributed by atoms with Crippen molar-refractivity contribution < 1.29 is 13.9 Å². The third kappa shape index (κ3) is 2.03. The van der Waals surface area contributed by atoms with Crippen LogP contribution in [0.3, 0.4) is 0 Å². The van der Waals surface area contributed by atoms with Gasteiger partial charge in [-0.1, -0.05) is 6.58 Å². The van der Waals surface area contributed by atoms with Crippen molar-refractivity contribution >= 4 is 16.9 Å². The summed E-state index contributed by atoms with van der Waals surface area (Å²) in [5.41, 5.74) is 4.48. The largest absolute Gasteiger partial charge is 0.466 e. The van der Waals surface area contributed by atoms with Gasteiger partial charge in [0.25, 0.3) is 5.91 Å². The molecule has 0 aliphatic rings. The second-order valence-corrected chi connectivity index (χ2v) is 3.30. The predicted molar refractivity (Wildman–Crippen MR) is 61.8 cm³/mol. The van der Waals surface area contributed by atoms with E-state index in [4.69, 9.17) is 14.9 Å². The molecule has 0 radical (unpaired) electrons. The molecule has 0 spiro atoms. The lowest BCUT2D eigenvalue weighted by molar-refractivity contribution is 0.0997. The van der Waals surface area contributed by atoms with Crippen molar-refractivity contribution in [3.63, 3.8) is 0 Å². The van der Waals surface area contributed by atoms with E-state index in [0.29, 0.717) is 16.7 Å². The van der Waals surface area contributed by atoms with Crippen LogP contribution in [0.15, 0.2) is 46.3 Å². The van der Waals surface area contributed by atoms with E-state index < -0.39 is 11.5 Å². The molecule has 0 saturated carbocycles. The van der Waals surface area contributed by atoms with E-state index in [2.05, 4.69) is 6.58 Å². The molecule has 86 valence electrons. The molecule has 0 unspecified atom stereocenters. The van der Waals surface area contributed by atoms with Crippen molar-refractivity contribution in [3.8, 4) is 5.75 Å². The monoisotopic (exact) mass is 231 g/mol. The Morgan fingerprint density at radius 2 is 2.18 bits per heavy atom. The number of carbonyl (C=O) groups excluding carboxylic acids is 1. The van der Waals surface area contributed by atoms with E-state index >= 15 is 0 Å². The zero-order valence-corrected chi connectivity index (χ0v) is 8.80. The molecular weight excluding hydrogens is 222 g/mol. The molecule has 2 aromatic rings. The van der Waals surface area contributed by atoms with Gasteiger partial charge in [0.1, 0.15) is 16.9 Å². The predicted octanol–water partition coefficient (Wildman–Crippen LogP) is 1.41. The average molecular weight is 231 g/mol. The summed E-state index contributed by atoms with van der Waals surface area (Å²) in [6, 6.07) is 6.18. The van der Waals surface area contributed by atoms with Crippen LogP contribution >= 0.6 is 0 Å². The Hall–Kier alpha value is -2.56. The molecule has 5 heteroatoms. The summed E-state index contributed by atoms with van der Waals surface area (Å²) in [5.74, 6) is -0.299. The fourth-order valence-electron chi connectivity index (χ4n) is 1.44. The van der Waals surface area contributed by atoms with Gasteiger partial charge in [0.2, 0.25) is 0 Å². The highest BCUT2D eigenvalue weighted by atomic mass is 16.5. The van der Waals surface area contributed by atoms with Gasteiger partial charge in [0.05, 0.1) is 6.26 Å². The zero-order valence-electron chi connectivity index (χ0n) is 8.80. The molecule has 17 heavy (non-hydrogen) atoms. The molecule has 1 aromatic heterocycles. The number of benzene rings is 1. The molecule has 0 atom stereocenters. The van der Waals surface area contributed by atoms with Crippen molar-refractivity contribution in [2.45, 2.75) is 0 Å². The summed E-state index contributed by atoms with van der Waals surface area (Å²) in [4.78, 5) is 22.4. The van der Waals surface area contributed by atoms with Crippen molar-refractivity contribution in [2.75, 3.05) is 0 Å². The first-order valence-electron chi connectivity index (χ1n) is 4.77. The SMILES string of the molecule is C=COc1ccc2oc(=O)c(C(N)=O)cc2c1. The van der Waals surface area contributed by atoms with Crippen LogP contribution in [-0.2, 0) is 0 Å². The second-order valence-electron chi connectivity index (χ2n) is 3.30. The number of hydrogen-bond donors (Lipinski definition) is 1. The van der Waals surface area contributed by atoms with Crippen LogP contribution in [0, 0.1) is 0 Å². The maximum atomic E-state index is 11.4. The molecule has 5 nitrogen and oxygen atoms in total. The van der Waals surface area contributed by atoms with Crippen LogP contribution in [0.4, 0.5) is 0 Å². The first kappa shape index (κ1) is 10.9. The lowest BCUT2D eigenvalue weighted by Gasteiger charge is -2.02. The number of carbonyl (C=O) groups is 1. The Balaban J connectivity index is 2.68. The van der Waals surface area contributed by atoms with E-state index in [1.165, 1.54) is 12.3 Å². The summed E-state index contributed by atoms with van der Waals surface area (Å²) in [6.07, 6.45) is 1.27. The van der Waals surface area contributed by atoms with Gasteiger partial charge in [-0.05, 0) is 24.3 Å². The number of rotatable bonds is 3. The minimum Gasteiger partial charge on any atom is -0.466 e. The molecule has 0 saturated heterocycles. The van der Waals surface area contributed by atoms with Gasteiger partial charge in [0.15, 0.2) is 0 Å². The molecule has 0 aliphatic heterocycles. The lowest BCUT2D eigenvalue weighted by Crippen LogP contribution is -2.20. The minimum atomic E-state index is -0.823. The van der Waals surface area contributed by atoms with Gasteiger partial charge in [-0.15, -0.1) is 0 Å². The molecule has 1 aromatic carbocycles. The summed E-state index contributed by atoms with van der Waals surface area (Å²) in [6.45, 7) is 3.43. The van der Waals surface area contributed by atoms with Crippen LogP contribution in [0.25, 0.3) is 11.0 Å². The molecule has 2 rings (SSSR count). The Morgan fingerprint density at radius 3 is 2.82 bits per heavy atom. The van der Waals surface area contributed by atoms with Crippen LogP contribution in [0.1, 0.15) is 10.4 Å². The van der Waals surface area contributed by atoms with Crippen molar-refractivity contribution in [1.82, 2.24) is 0 Å². The molecule has 1 heterocycles. The number of nitrogens with two attached hydrogens (primary N) is 1. The third-order valence-corrected chi connectivity index (χ3v) is 2.19. The quantitative estimate of drug-likeness (QED) is 0.639. The molecule has 0 fully saturated rings. The molecule has 0 aliphatic carbocycles. The fraction of sp³-hybridized carbons (Fsp3) is 0. The summed E-state index contributed by atoms with van der Waals surface area (Å²) >= 11 is 0. The summed E-state index contributed by atoms with van der Waals surface area (Å²) < 4.78 is 10.0. The van der Waals surface area contributed by atoms with Crippen molar-refractivity contribution in [2.24, 2.45) is 5.73 Å². The van der Waals surface area contributed by atoms with Crippen LogP contribution in [0.2, 0.25) is 0 Å². The first-order valence-corrected chi connectivity index (χ1v) is 4.77. The highest BCUT2D eigenvalue weighted by molar-refractivity contribution is 5.95. The van der Waals surface area contributed by atoms with E-state index in [-0.39, 0.29) is 5.56 Å². The standard InChI is InChI=1S/C12H9NO4/c1-2-16-8-3-4-10-7(5-8)6-9(11(13)14)12(15)17-10/h2-6H,1H2,(H2,13,14). The second kappa shape index (κ2) is 4.13. The number of amides is 1. The van der Waals surface area contributed by atoms with E-state index in [1.54, 1.807) is 18.2 Å². The van der Waals surface area contributed by atoms with Crippen LogP contribution < -0.4 is 16.1 Å². The highest BCUT2D eigenvalue weighted by Gasteiger charge is 2.10. The van der Waals surface area contributed by atoms with E-state index in [1.807, 2.05) is 0 Å². The number of primary amides is 1. The van der Waals surface area contributed by atoms with Crippen LogP contribution in [0.5, 0.6) is 5.75 Å². The van der Waals surface area contributed by atoms with Gasteiger partial charge in [-0.2, -0.15) is 0 Å². The van der Waals surface area contributed by atoms with Crippen molar-refractivity contribution in [3.05, 3.63) is 53.1 Å². The number of fused-ring (bicyclic) bond motifs is 1. The van der Waals surface area contributed by atoms with Gasteiger partial charge < -0.3 is 14.9 Å². The Bertz CT molecular complexity index is 657. The smallest absolute Gasteiger partial charge is 0.349 e. The van der Waals surface area contributed by atoms with Gasteiger partial charge in [0, 0.05) is 5.39 Å². The number of hydrogen-bond acceptors (Lipinski definition) is 4. The van der Waals surface area contributed by atoms with E-state index in [0.717, 1.165) is 0 Å². The topological polar surface area (TPSA) is 82.5 Å². The minimum absolute atomic E-state index is 0.187. The summed E-state index contributed by atoms with van der Waals surface area (Å²) in [7, 11) is 0. The molecule has 0 bridgehead atoms. The number of ether oxygens (including phenoxy) is 1. The summed E-state index contributed by atoms with van der Waals surface area (Å²) in [5, 5.41) is 0.553. The Kier molecular flexibility index (Phi) is 2.66. The van der Waals surface area contributed by atoms with Gasteiger partial charge in [-0.25, -0.2) is 4.79 Å². The normalized spacial score (nSPS) is 10.1. The Morgan fingerprint density at radius 1 is 1.41 bits per heavy atom. The highest BCUT2D eigenvalue weighted by Crippen LogP contribution is 2.20. The van der Waals surface area contributed by atoms with Gasteiger partial charge >= 0.3 is 5.63 Å². The van der Waals surface area contributed by atoms with Gasteiger partial charge in [-0.3, -0.25) is 4.79 Å². The molecule has 2 N–H and O–H groups in total.